The topological polar surface area (TPSA) is 138 Å². The molecule has 2 atom stereocenters. The predicted molar refractivity (Wildman–Crippen MR) is 157 cm³/mol. The number of carbonyl (C=O) groups excluding carboxylic acids is 2. The van der Waals surface area contributed by atoms with Crippen molar-refractivity contribution in [3.63, 3.8) is 0 Å². The quantitative estimate of drug-likeness (QED) is 0.192. The first-order chi connectivity index (χ1) is 20.0. The summed E-state index contributed by atoms with van der Waals surface area (Å²) in [6, 6.07) is 16.2. The van der Waals surface area contributed by atoms with E-state index in [1.807, 2.05) is 6.07 Å². The second-order valence-electron chi connectivity index (χ2n) is 9.76. The van der Waals surface area contributed by atoms with Crippen molar-refractivity contribution in [2.24, 2.45) is 0 Å². The molecule has 1 saturated carbocycles. The average molecular weight is 583 g/mol. The fourth-order valence-corrected chi connectivity index (χ4v) is 6.75. The molecule has 206 valence electrons. The zero-order chi connectivity index (χ0) is 28.6. The normalized spacial score (nSPS) is 16.6. The van der Waals surface area contributed by atoms with Crippen LogP contribution in [0.1, 0.15) is 70.6 Å². The molecule has 10 nitrogen and oxygen atoms in total. The Hall–Kier alpha value is -4.52. The van der Waals surface area contributed by atoms with Gasteiger partial charge in [-0.05, 0) is 36.5 Å². The van der Waals surface area contributed by atoms with E-state index in [-0.39, 0.29) is 36.5 Å². The number of hydrogen-bond acceptors (Lipinski definition) is 9. The summed E-state index contributed by atoms with van der Waals surface area (Å²) in [7, 11) is 0. The highest BCUT2D eigenvalue weighted by atomic mass is 32.1. The molecule has 0 aliphatic heterocycles. The van der Waals surface area contributed by atoms with E-state index in [2.05, 4.69) is 41.9 Å². The molecule has 0 spiro atoms. The van der Waals surface area contributed by atoms with Gasteiger partial charge in [0.05, 0.1) is 24.6 Å². The zero-order valence-electron chi connectivity index (χ0n) is 22.0. The number of amides is 2. The Morgan fingerprint density at radius 2 is 1.39 bits per heavy atom. The molecule has 2 aromatic carbocycles. The lowest BCUT2D eigenvalue weighted by atomic mass is 9.94. The van der Waals surface area contributed by atoms with E-state index < -0.39 is 0 Å². The number of rotatable bonds is 8. The van der Waals surface area contributed by atoms with Gasteiger partial charge >= 0.3 is 0 Å². The van der Waals surface area contributed by atoms with Crippen LogP contribution in [0.15, 0.2) is 48.5 Å². The van der Waals surface area contributed by atoms with Gasteiger partial charge in [0.15, 0.2) is 5.69 Å². The molecule has 2 heterocycles. The summed E-state index contributed by atoms with van der Waals surface area (Å²) in [4.78, 5) is 28.7. The van der Waals surface area contributed by atoms with E-state index in [1.165, 1.54) is 22.7 Å². The van der Waals surface area contributed by atoms with Crippen LogP contribution >= 0.6 is 22.7 Å². The lowest BCUT2D eigenvalue weighted by Gasteiger charge is -2.15. The van der Waals surface area contributed by atoms with Gasteiger partial charge in [-0.25, -0.2) is 4.85 Å². The number of benzene rings is 2. The number of nitriles is 1. The molecule has 2 N–H and O–H groups in total. The van der Waals surface area contributed by atoms with Gasteiger partial charge in [0.25, 0.3) is 0 Å². The zero-order valence-corrected chi connectivity index (χ0v) is 23.7. The molecule has 1 fully saturated rings. The van der Waals surface area contributed by atoms with Crippen molar-refractivity contribution in [2.75, 3.05) is 10.6 Å². The van der Waals surface area contributed by atoms with Crippen molar-refractivity contribution in [2.45, 2.75) is 56.8 Å². The molecule has 0 bridgehead atoms. The third-order valence-electron chi connectivity index (χ3n) is 6.95. The number of nitrogens with one attached hydrogen (secondary N) is 2. The lowest BCUT2D eigenvalue weighted by molar-refractivity contribution is -0.116. The summed E-state index contributed by atoms with van der Waals surface area (Å²) < 4.78 is 0. The Kier molecular flexibility index (Phi) is 9.04. The SMILES string of the molecule is [C-]#[N+]c1ccccc1CC(=O)Nc1nnc(C2CCCCC(c3nnc(NC(=O)Cc4ccccc4C#N)s3)C2)s1. The Morgan fingerprint density at radius 1 is 0.854 bits per heavy atom. The van der Waals surface area contributed by atoms with Crippen LogP contribution in [0.2, 0.25) is 0 Å². The highest BCUT2D eigenvalue weighted by Crippen LogP contribution is 2.42. The van der Waals surface area contributed by atoms with Crippen LogP contribution in [0.3, 0.4) is 0 Å². The van der Waals surface area contributed by atoms with Crippen LogP contribution in [0, 0.1) is 17.9 Å². The molecule has 12 heteroatoms. The molecule has 2 aromatic heterocycles. The van der Waals surface area contributed by atoms with Gasteiger partial charge in [0, 0.05) is 18.3 Å². The van der Waals surface area contributed by atoms with Gasteiger partial charge in [-0.3, -0.25) is 9.59 Å². The van der Waals surface area contributed by atoms with Gasteiger partial charge in [-0.1, -0.05) is 78.0 Å². The summed E-state index contributed by atoms with van der Waals surface area (Å²) in [6.45, 7) is 7.29. The Balaban J connectivity index is 1.19. The third kappa shape index (κ3) is 7.17. The van der Waals surface area contributed by atoms with E-state index in [0.717, 1.165) is 42.1 Å². The van der Waals surface area contributed by atoms with Crippen LogP contribution in [0.4, 0.5) is 16.0 Å². The van der Waals surface area contributed by atoms with Crippen LogP contribution in [-0.4, -0.2) is 32.2 Å². The number of anilines is 2. The van der Waals surface area contributed by atoms with E-state index in [0.29, 0.717) is 32.6 Å². The highest BCUT2D eigenvalue weighted by molar-refractivity contribution is 7.15. The van der Waals surface area contributed by atoms with Gasteiger partial charge < -0.3 is 10.6 Å². The highest BCUT2D eigenvalue weighted by Gasteiger charge is 2.28. The molecule has 1 aliphatic rings. The summed E-state index contributed by atoms with van der Waals surface area (Å²) >= 11 is 2.77. The number of carbonyl (C=O) groups is 2. The third-order valence-corrected chi connectivity index (χ3v) is 8.95. The maximum Gasteiger partial charge on any atom is 0.230 e. The second kappa shape index (κ2) is 13.2. The van der Waals surface area contributed by atoms with Crippen molar-refractivity contribution in [3.05, 3.63) is 86.7 Å². The Bertz CT molecular complexity index is 1510. The molecular formula is C29H26N8O2S2. The molecule has 4 aromatic rings. The molecule has 2 unspecified atom stereocenters. The Morgan fingerprint density at radius 3 is 1.98 bits per heavy atom. The van der Waals surface area contributed by atoms with Crippen LogP contribution < -0.4 is 10.6 Å². The number of hydrogen-bond donors (Lipinski definition) is 2. The van der Waals surface area contributed by atoms with E-state index in [9.17, 15) is 14.9 Å². The summed E-state index contributed by atoms with van der Waals surface area (Å²) in [6.07, 6.45) is 5.06. The molecule has 5 rings (SSSR count). The van der Waals surface area contributed by atoms with Crippen molar-refractivity contribution in [3.8, 4) is 6.07 Å². The van der Waals surface area contributed by atoms with Crippen molar-refractivity contribution in [1.82, 2.24) is 20.4 Å². The van der Waals surface area contributed by atoms with E-state index >= 15 is 0 Å². The minimum atomic E-state index is -0.241. The molecule has 41 heavy (non-hydrogen) atoms. The minimum absolute atomic E-state index is 0.0894. The van der Waals surface area contributed by atoms with Gasteiger partial charge in [-0.15, -0.1) is 20.4 Å². The summed E-state index contributed by atoms with van der Waals surface area (Å²) in [5.41, 5.74) is 2.30. The van der Waals surface area contributed by atoms with Gasteiger partial charge in [0.2, 0.25) is 22.1 Å². The standard InChI is InChI=1S/C29H26N8O2S2/c1-31-23-13-7-6-9-19(23)16-25(39)33-29-37-35-27(41-29)21-11-4-3-10-20(14-21)26-34-36-28(40-26)32-24(38)15-18-8-2-5-12-22(18)17-30/h2,5-9,12-13,20-21H,3-4,10-11,14-16H2,(H,32,36,38)(H,33,37,39). The molecule has 0 radical (unpaired) electrons. The summed E-state index contributed by atoms with van der Waals surface area (Å²) in [5.74, 6) is -0.118. The number of aromatic nitrogens is 4. The fourth-order valence-electron chi connectivity index (χ4n) is 4.94. The maximum absolute atomic E-state index is 12.6. The molecule has 2 amide bonds. The fraction of sp³-hybridized carbons (Fsp3) is 0.310. The maximum atomic E-state index is 12.6. The lowest BCUT2D eigenvalue weighted by Crippen LogP contribution is -2.14. The number of para-hydroxylation sites is 1. The van der Waals surface area contributed by atoms with Crippen molar-refractivity contribution >= 4 is 50.4 Å². The predicted octanol–water partition coefficient (Wildman–Crippen LogP) is 6.01. The smallest absolute Gasteiger partial charge is 0.230 e. The van der Waals surface area contributed by atoms with E-state index in [4.69, 9.17) is 6.57 Å². The van der Waals surface area contributed by atoms with E-state index in [1.54, 1.807) is 42.5 Å². The van der Waals surface area contributed by atoms with Crippen LogP contribution in [0.25, 0.3) is 4.85 Å². The molecule has 0 saturated heterocycles. The first-order valence-electron chi connectivity index (χ1n) is 13.2. The first-order valence-corrected chi connectivity index (χ1v) is 14.9. The number of nitrogens with zero attached hydrogens (tertiary/aromatic N) is 6. The van der Waals surface area contributed by atoms with Crippen LogP contribution in [-0.2, 0) is 22.4 Å². The second-order valence-corrected chi connectivity index (χ2v) is 11.8. The Labute approximate surface area is 245 Å². The van der Waals surface area contributed by atoms with Crippen molar-refractivity contribution in [1.29, 1.82) is 5.26 Å². The summed E-state index contributed by atoms with van der Waals surface area (Å²) in [5, 5.41) is 34.8. The first kappa shape index (κ1) is 28.0. The molecule has 1 aliphatic carbocycles. The monoisotopic (exact) mass is 582 g/mol. The van der Waals surface area contributed by atoms with Gasteiger partial charge in [0.1, 0.15) is 10.0 Å². The van der Waals surface area contributed by atoms with Crippen LogP contribution in [0.5, 0.6) is 0 Å². The van der Waals surface area contributed by atoms with Gasteiger partial charge in [-0.2, -0.15) is 5.26 Å². The largest absolute Gasteiger partial charge is 0.300 e. The minimum Gasteiger partial charge on any atom is -0.300 e. The average Bonchev–Trinajstić information content (AvgIpc) is 3.57. The molecular weight excluding hydrogens is 557 g/mol. The van der Waals surface area contributed by atoms with Crippen molar-refractivity contribution < 1.29 is 9.59 Å².